The van der Waals surface area contributed by atoms with Gasteiger partial charge < -0.3 is 24.5 Å². The van der Waals surface area contributed by atoms with Crippen molar-refractivity contribution in [3.05, 3.63) is 66.0 Å². The summed E-state index contributed by atoms with van der Waals surface area (Å²) >= 11 is 0. The van der Waals surface area contributed by atoms with Crippen molar-refractivity contribution in [2.24, 2.45) is 0 Å². The highest BCUT2D eigenvalue weighted by molar-refractivity contribution is 5.96. The lowest BCUT2D eigenvalue weighted by atomic mass is 9.80. The number of fused-ring (bicyclic) bond motifs is 2. The maximum atomic E-state index is 12.9. The molecule has 3 aliphatic rings. The van der Waals surface area contributed by atoms with Crippen molar-refractivity contribution < 1.29 is 14.6 Å². The average Bonchev–Trinajstić information content (AvgIpc) is 3.55. The lowest BCUT2D eigenvalue weighted by molar-refractivity contribution is -0.0507. The predicted molar refractivity (Wildman–Crippen MR) is 139 cm³/mol. The smallest absolute Gasteiger partial charge is 0.253 e. The van der Waals surface area contributed by atoms with Crippen molar-refractivity contribution in [3.8, 4) is 11.1 Å². The van der Waals surface area contributed by atoms with Gasteiger partial charge in [-0.1, -0.05) is 18.2 Å². The van der Waals surface area contributed by atoms with E-state index in [1.807, 2.05) is 30.6 Å². The molecule has 1 spiro atoms. The lowest BCUT2D eigenvalue weighted by Crippen LogP contribution is -2.49. The predicted octanol–water partition coefficient (Wildman–Crippen LogP) is 3.23. The van der Waals surface area contributed by atoms with Gasteiger partial charge in [-0.15, -0.1) is 0 Å². The second-order valence-corrected chi connectivity index (χ2v) is 10.1. The highest BCUT2D eigenvalue weighted by Crippen LogP contribution is 2.48. The summed E-state index contributed by atoms with van der Waals surface area (Å²) in [5.41, 5.74) is 5.94. The minimum Gasteiger partial charge on any atom is -0.395 e. The summed E-state index contributed by atoms with van der Waals surface area (Å²) in [6, 6.07) is 14.4. The molecule has 6 rings (SSSR count). The lowest BCUT2D eigenvalue weighted by Gasteiger charge is -2.38. The van der Waals surface area contributed by atoms with Gasteiger partial charge >= 0.3 is 0 Å². The number of carbonyl (C=O) groups is 1. The Bertz CT molecular complexity index is 1270. The van der Waals surface area contributed by atoms with Gasteiger partial charge in [0, 0.05) is 68.1 Å². The number of benzene rings is 2. The topological polar surface area (TPSA) is 82.0 Å². The van der Waals surface area contributed by atoms with Crippen LogP contribution in [0.15, 0.2) is 54.9 Å². The van der Waals surface area contributed by atoms with E-state index in [-0.39, 0.29) is 17.9 Å². The molecule has 2 aromatic carbocycles. The fraction of sp³-hybridized carbons (Fsp3) is 0.393. The number of nitrogens with zero attached hydrogens (tertiary/aromatic N) is 5. The van der Waals surface area contributed by atoms with Crippen LogP contribution < -0.4 is 9.80 Å². The van der Waals surface area contributed by atoms with Crippen LogP contribution in [0.25, 0.3) is 11.1 Å². The molecular formula is C28H31N5O3. The highest BCUT2D eigenvalue weighted by Gasteiger charge is 2.49. The number of aromatic nitrogens is 2. The molecule has 186 valence electrons. The molecule has 2 saturated heterocycles. The summed E-state index contributed by atoms with van der Waals surface area (Å²) < 4.78 is 5.60. The van der Waals surface area contributed by atoms with E-state index in [1.54, 1.807) is 7.05 Å². The van der Waals surface area contributed by atoms with Gasteiger partial charge in [-0.2, -0.15) is 0 Å². The summed E-state index contributed by atoms with van der Waals surface area (Å²) in [5, 5.41) is 9.23. The van der Waals surface area contributed by atoms with Crippen LogP contribution in [0.5, 0.6) is 0 Å². The molecule has 0 unspecified atom stereocenters. The molecule has 0 atom stereocenters. The Morgan fingerprint density at radius 1 is 1.08 bits per heavy atom. The number of amides is 1. The van der Waals surface area contributed by atoms with Crippen molar-refractivity contribution in [2.45, 2.75) is 18.3 Å². The molecule has 2 fully saturated rings. The molecule has 8 nitrogen and oxygen atoms in total. The van der Waals surface area contributed by atoms with E-state index in [4.69, 9.17) is 14.7 Å². The molecule has 0 bridgehead atoms. The van der Waals surface area contributed by atoms with Gasteiger partial charge in [0.1, 0.15) is 0 Å². The molecule has 36 heavy (non-hydrogen) atoms. The van der Waals surface area contributed by atoms with Crippen LogP contribution in [0.2, 0.25) is 0 Å². The zero-order chi connectivity index (χ0) is 24.7. The van der Waals surface area contributed by atoms with Gasteiger partial charge in [0.15, 0.2) is 0 Å². The number of ether oxygens (including phenoxy) is 1. The maximum Gasteiger partial charge on any atom is 0.253 e. The van der Waals surface area contributed by atoms with Gasteiger partial charge in [-0.25, -0.2) is 9.97 Å². The third-order valence-electron chi connectivity index (χ3n) is 7.64. The van der Waals surface area contributed by atoms with E-state index in [1.165, 1.54) is 29.0 Å². The molecule has 1 aromatic heterocycles. The van der Waals surface area contributed by atoms with E-state index < -0.39 is 0 Å². The normalized spacial score (nSPS) is 17.8. The van der Waals surface area contributed by atoms with Crippen LogP contribution in [0.4, 0.5) is 17.3 Å². The van der Waals surface area contributed by atoms with Crippen LogP contribution in [0.3, 0.4) is 0 Å². The van der Waals surface area contributed by atoms with Crippen molar-refractivity contribution >= 4 is 23.2 Å². The van der Waals surface area contributed by atoms with E-state index in [0.29, 0.717) is 31.3 Å². The Balaban J connectivity index is 1.30. The van der Waals surface area contributed by atoms with E-state index >= 15 is 0 Å². The van der Waals surface area contributed by atoms with Gasteiger partial charge in [-0.05, 0) is 48.2 Å². The minimum absolute atomic E-state index is 0.0686. The maximum absolute atomic E-state index is 12.9. The molecule has 3 aromatic rings. The zero-order valence-corrected chi connectivity index (χ0v) is 20.6. The number of likely N-dealkylation sites (N-methyl/N-ethyl adjacent to an activating group) is 1. The average molecular weight is 486 g/mol. The molecule has 0 saturated carbocycles. The second-order valence-electron chi connectivity index (χ2n) is 10.1. The standard InChI is InChI=1S/C28H31N5O3/c1-31(11-12-34)26(35)21-7-8-24-25(14-21)33(17-28(24)18-36-19-28)27-29-15-22(16-30-27)20-5-4-6-23(13-20)32-9-2-3-10-32/h4-8,13-16,34H,2-3,9-12,17-19H2,1H3. The highest BCUT2D eigenvalue weighted by atomic mass is 16.5. The third kappa shape index (κ3) is 3.90. The van der Waals surface area contributed by atoms with Gasteiger partial charge in [0.05, 0.1) is 25.2 Å². The molecule has 1 amide bonds. The molecule has 0 aliphatic carbocycles. The minimum atomic E-state index is -0.119. The van der Waals surface area contributed by atoms with Crippen molar-refractivity contribution in [2.75, 3.05) is 62.8 Å². The largest absolute Gasteiger partial charge is 0.395 e. The molecule has 8 heteroatoms. The first-order chi connectivity index (χ1) is 17.6. The summed E-state index contributed by atoms with van der Waals surface area (Å²) in [6.45, 7) is 4.46. The van der Waals surface area contributed by atoms with Crippen LogP contribution >= 0.6 is 0 Å². The summed E-state index contributed by atoms with van der Waals surface area (Å²) in [7, 11) is 1.70. The Labute approximate surface area is 211 Å². The van der Waals surface area contributed by atoms with Crippen LogP contribution in [0.1, 0.15) is 28.8 Å². The molecule has 3 aliphatic heterocycles. The Kier molecular flexibility index (Phi) is 5.85. The fourth-order valence-corrected chi connectivity index (χ4v) is 5.52. The summed E-state index contributed by atoms with van der Waals surface area (Å²) in [5.74, 6) is 0.500. The van der Waals surface area contributed by atoms with Crippen molar-refractivity contribution in [3.63, 3.8) is 0 Å². The van der Waals surface area contributed by atoms with Gasteiger partial charge in [-0.3, -0.25) is 4.79 Å². The summed E-state index contributed by atoms with van der Waals surface area (Å²) in [4.78, 5) is 28.5. The van der Waals surface area contributed by atoms with E-state index in [2.05, 4.69) is 34.1 Å². The number of aliphatic hydroxyl groups excluding tert-OH is 1. The first kappa shape index (κ1) is 22.9. The Morgan fingerprint density at radius 2 is 1.86 bits per heavy atom. The van der Waals surface area contributed by atoms with Gasteiger partial charge in [0.25, 0.3) is 5.91 Å². The SMILES string of the molecule is CN(CCO)C(=O)c1ccc2c(c1)N(c1ncc(-c3cccc(N4CCCC4)c3)cn1)CC21COC1. The number of rotatable bonds is 6. The second kappa shape index (κ2) is 9.19. The zero-order valence-electron chi connectivity index (χ0n) is 20.6. The molecule has 1 N–H and O–H groups in total. The fourth-order valence-electron chi connectivity index (χ4n) is 5.52. The number of anilines is 3. The number of hydrogen-bond donors (Lipinski definition) is 1. The first-order valence-corrected chi connectivity index (χ1v) is 12.6. The monoisotopic (exact) mass is 485 g/mol. The van der Waals surface area contributed by atoms with E-state index in [0.717, 1.165) is 36.4 Å². The Hall–Kier alpha value is -3.49. The first-order valence-electron chi connectivity index (χ1n) is 12.6. The molecule has 4 heterocycles. The molecular weight excluding hydrogens is 454 g/mol. The van der Waals surface area contributed by atoms with Crippen molar-refractivity contribution in [1.29, 1.82) is 0 Å². The van der Waals surface area contributed by atoms with Crippen LogP contribution in [-0.2, 0) is 10.2 Å². The van der Waals surface area contributed by atoms with Crippen LogP contribution in [0, 0.1) is 0 Å². The third-order valence-corrected chi connectivity index (χ3v) is 7.64. The number of carbonyl (C=O) groups excluding carboxylic acids is 1. The summed E-state index contributed by atoms with van der Waals surface area (Å²) in [6.07, 6.45) is 6.27. The van der Waals surface area contributed by atoms with Crippen LogP contribution in [-0.4, -0.2) is 78.9 Å². The quantitative estimate of drug-likeness (QED) is 0.574. The number of aliphatic hydroxyl groups is 1. The van der Waals surface area contributed by atoms with Crippen molar-refractivity contribution in [1.82, 2.24) is 14.9 Å². The Morgan fingerprint density at radius 3 is 2.56 bits per heavy atom. The van der Waals surface area contributed by atoms with Gasteiger partial charge in [0.2, 0.25) is 5.95 Å². The van der Waals surface area contributed by atoms with E-state index in [9.17, 15) is 9.90 Å². The molecule has 0 radical (unpaired) electrons. The number of hydrogen-bond acceptors (Lipinski definition) is 7.